The maximum Gasteiger partial charge on any atom is 0.155 e. The number of hydrogen-bond acceptors (Lipinski definition) is 1. The summed E-state index contributed by atoms with van der Waals surface area (Å²) in [5.74, 6) is -0.777. The topological polar surface area (TPSA) is 3.24 Å². The summed E-state index contributed by atoms with van der Waals surface area (Å²) in [7, 11) is 0. The lowest BCUT2D eigenvalue weighted by Crippen LogP contribution is -2.39. The van der Waals surface area contributed by atoms with Gasteiger partial charge in [-0.1, -0.05) is 109 Å². The molecule has 0 saturated heterocycles. The lowest BCUT2D eigenvalue weighted by atomic mass is 9.93. The predicted molar refractivity (Wildman–Crippen MR) is 151 cm³/mol. The van der Waals surface area contributed by atoms with Crippen molar-refractivity contribution in [3.05, 3.63) is 133 Å². The van der Waals surface area contributed by atoms with Crippen molar-refractivity contribution >= 4 is 11.4 Å². The molecule has 0 aromatic heterocycles. The number of nitrogens with zero attached hydrogens (tertiary/aromatic N) is 1. The van der Waals surface area contributed by atoms with Gasteiger partial charge >= 0.3 is 0 Å². The summed E-state index contributed by atoms with van der Waals surface area (Å²) in [4.78, 5) is 1.78. The highest BCUT2D eigenvalue weighted by Crippen LogP contribution is 2.45. The van der Waals surface area contributed by atoms with Crippen molar-refractivity contribution in [3.63, 3.8) is 0 Å². The van der Waals surface area contributed by atoms with Crippen LogP contribution in [0.2, 0.25) is 0 Å². The molecule has 0 bridgehead atoms. The first-order valence-corrected chi connectivity index (χ1v) is 12.4. The number of hydrogen-bond donors (Lipinski definition) is 0. The van der Waals surface area contributed by atoms with E-state index >= 15 is 8.78 Å². The van der Waals surface area contributed by atoms with Crippen LogP contribution in [-0.4, -0.2) is 5.54 Å². The quantitative estimate of drug-likeness (QED) is 0.237. The Morgan fingerprint density at radius 2 is 0.946 bits per heavy atom. The average Bonchev–Trinajstić information content (AvgIpc) is 2.91. The van der Waals surface area contributed by atoms with Crippen molar-refractivity contribution in [2.45, 2.75) is 26.3 Å². The number of rotatable bonds is 5. The van der Waals surface area contributed by atoms with Crippen molar-refractivity contribution in [1.29, 1.82) is 0 Å². The fourth-order valence-electron chi connectivity index (χ4n) is 4.78. The van der Waals surface area contributed by atoms with E-state index < -0.39 is 11.4 Å². The fourth-order valence-corrected chi connectivity index (χ4v) is 4.78. The van der Waals surface area contributed by atoms with E-state index in [0.29, 0.717) is 22.5 Å². The van der Waals surface area contributed by atoms with Crippen LogP contribution in [0.5, 0.6) is 0 Å². The molecule has 0 aliphatic carbocycles. The van der Waals surface area contributed by atoms with E-state index in [4.69, 9.17) is 0 Å². The molecule has 0 atom stereocenters. The minimum absolute atomic E-state index is 0.336. The van der Waals surface area contributed by atoms with Gasteiger partial charge in [-0.2, -0.15) is 0 Å². The highest BCUT2D eigenvalue weighted by atomic mass is 19.1. The molecule has 0 fully saturated rings. The zero-order valence-corrected chi connectivity index (χ0v) is 21.3. The smallest absolute Gasteiger partial charge is 0.155 e. The molecule has 0 aliphatic heterocycles. The van der Waals surface area contributed by atoms with Crippen LogP contribution in [0.25, 0.3) is 33.4 Å². The molecule has 0 spiro atoms. The number of benzene rings is 5. The van der Waals surface area contributed by atoms with Crippen LogP contribution in [0.1, 0.15) is 20.8 Å². The molecule has 184 valence electrons. The lowest BCUT2D eigenvalue weighted by Gasteiger charge is -2.39. The normalized spacial score (nSPS) is 11.4. The molecule has 0 aliphatic rings. The third-order valence-electron chi connectivity index (χ3n) is 6.49. The van der Waals surface area contributed by atoms with Gasteiger partial charge in [0.2, 0.25) is 0 Å². The van der Waals surface area contributed by atoms with Gasteiger partial charge in [0.05, 0.1) is 11.4 Å². The van der Waals surface area contributed by atoms with E-state index in [-0.39, 0.29) is 5.82 Å². The first-order valence-electron chi connectivity index (χ1n) is 12.4. The average molecular weight is 490 g/mol. The van der Waals surface area contributed by atoms with E-state index in [0.717, 1.165) is 22.3 Å². The van der Waals surface area contributed by atoms with Gasteiger partial charge in [0.1, 0.15) is 5.82 Å². The van der Waals surface area contributed by atoms with Gasteiger partial charge in [0, 0.05) is 16.7 Å². The van der Waals surface area contributed by atoms with Crippen LogP contribution in [0.3, 0.4) is 0 Å². The van der Waals surface area contributed by atoms with Crippen molar-refractivity contribution in [3.8, 4) is 33.4 Å². The Hall–Kier alpha value is -4.24. The number of anilines is 2. The monoisotopic (exact) mass is 489 g/mol. The molecular formula is C34H29F2N. The lowest BCUT2D eigenvalue weighted by molar-refractivity contribution is 0.528. The molecule has 5 aromatic rings. The van der Waals surface area contributed by atoms with Gasteiger partial charge in [-0.25, -0.2) is 8.78 Å². The minimum atomic E-state index is -0.609. The van der Waals surface area contributed by atoms with Gasteiger partial charge in [-0.3, -0.25) is 0 Å². The second-order valence-electron chi connectivity index (χ2n) is 10.1. The Labute approximate surface area is 217 Å². The maximum absolute atomic E-state index is 16.8. The van der Waals surface area contributed by atoms with Crippen LogP contribution < -0.4 is 4.90 Å². The molecular weight excluding hydrogens is 460 g/mol. The van der Waals surface area contributed by atoms with E-state index in [1.54, 1.807) is 23.1 Å². The number of para-hydroxylation sites is 1. The Kier molecular flexibility index (Phi) is 6.62. The zero-order valence-electron chi connectivity index (χ0n) is 21.3. The summed E-state index contributed by atoms with van der Waals surface area (Å²) in [6.07, 6.45) is 0. The molecule has 0 radical (unpaired) electrons. The Balaban J connectivity index is 1.72. The van der Waals surface area contributed by atoms with Crippen LogP contribution in [0.4, 0.5) is 20.2 Å². The van der Waals surface area contributed by atoms with Crippen molar-refractivity contribution in [2.24, 2.45) is 0 Å². The first kappa shape index (κ1) is 24.5. The first-order chi connectivity index (χ1) is 17.8. The van der Waals surface area contributed by atoms with Gasteiger partial charge in [0.25, 0.3) is 0 Å². The standard InChI is InChI=1S/C34H29F2N/c1-34(2,3)37(31-17-11-10-16-30(31)35)33-29(26-14-8-5-9-15-26)23-22-28(32(33)36)27-20-18-25(19-21-27)24-12-6-4-7-13-24/h4-23H,1-3H3. The second-order valence-corrected chi connectivity index (χ2v) is 10.1. The Bertz CT molecular complexity index is 1500. The molecule has 0 amide bonds. The highest BCUT2D eigenvalue weighted by molar-refractivity contribution is 5.88. The van der Waals surface area contributed by atoms with Crippen molar-refractivity contribution in [2.75, 3.05) is 4.90 Å². The van der Waals surface area contributed by atoms with Gasteiger partial charge in [-0.15, -0.1) is 0 Å². The summed E-state index contributed by atoms with van der Waals surface area (Å²) in [6, 6.07) is 38.0. The van der Waals surface area contributed by atoms with Gasteiger partial charge in [0.15, 0.2) is 5.82 Å². The molecule has 5 rings (SSSR count). The van der Waals surface area contributed by atoms with Crippen LogP contribution >= 0.6 is 0 Å². The fraction of sp³-hybridized carbons (Fsp3) is 0.118. The Morgan fingerprint density at radius 1 is 0.486 bits per heavy atom. The van der Waals surface area contributed by atoms with Crippen LogP contribution in [-0.2, 0) is 0 Å². The minimum Gasteiger partial charge on any atom is -0.331 e. The van der Waals surface area contributed by atoms with Gasteiger partial charge < -0.3 is 4.90 Å². The largest absolute Gasteiger partial charge is 0.331 e. The van der Waals surface area contributed by atoms with E-state index in [2.05, 4.69) is 12.1 Å². The molecule has 0 N–H and O–H groups in total. The molecule has 5 aromatic carbocycles. The van der Waals surface area contributed by atoms with E-state index in [1.807, 2.05) is 106 Å². The third-order valence-corrected chi connectivity index (χ3v) is 6.49. The second kappa shape index (κ2) is 10.0. The van der Waals surface area contributed by atoms with E-state index in [9.17, 15) is 0 Å². The maximum atomic E-state index is 16.8. The molecule has 3 heteroatoms. The van der Waals surface area contributed by atoms with Crippen LogP contribution in [0.15, 0.2) is 121 Å². The SMILES string of the molecule is CC(C)(C)N(c1ccccc1F)c1c(-c2ccccc2)ccc(-c2ccc(-c3ccccc3)cc2)c1F. The summed E-state index contributed by atoms with van der Waals surface area (Å²) < 4.78 is 31.9. The van der Waals surface area contributed by atoms with Crippen molar-refractivity contribution in [1.82, 2.24) is 0 Å². The molecule has 1 nitrogen and oxygen atoms in total. The zero-order chi connectivity index (χ0) is 26.0. The summed E-state index contributed by atoms with van der Waals surface area (Å²) in [5, 5.41) is 0. The number of halogens is 2. The van der Waals surface area contributed by atoms with Crippen LogP contribution in [0, 0.1) is 11.6 Å². The highest BCUT2D eigenvalue weighted by Gasteiger charge is 2.31. The summed E-state index contributed by atoms with van der Waals surface area (Å²) in [5.41, 5.74) is 5.06. The summed E-state index contributed by atoms with van der Waals surface area (Å²) in [6.45, 7) is 5.90. The van der Waals surface area contributed by atoms with Crippen molar-refractivity contribution < 1.29 is 8.78 Å². The predicted octanol–water partition coefficient (Wildman–Crippen LogP) is 9.90. The molecule has 0 saturated carbocycles. The third kappa shape index (κ3) is 4.90. The Morgan fingerprint density at radius 3 is 1.54 bits per heavy atom. The summed E-state index contributed by atoms with van der Waals surface area (Å²) >= 11 is 0. The molecule has 37 heavy (non-hydrogen) atoms. The van der Waals surface area contributed by atoms with E-state index in [1.165, 1.54) is 6.07 Å². The molecule has 0 unspecified atom stereocenters. The van der Waals surface area contributed by atoms with Gasteiger partial charge in [-0.05, 0) is 55.2 Å². The molecule has 0 heterocycles.